The van der Waals surface area contributed by atoms with Crippen molar-refractivity contribution in [3.8, 4) is 5.75 Å². The molecule has 4 rings (SSSR count). The highest BCUT2D eigenvalue weighted by molar-refractivity contribution is 5.98. The van der Waals surface area contributed by atoms with Crippen molar-refractivity contribution in [1.82, 2.24) is 30.8 Å². The Morgan fingerprint density at radius 1 is 1.15 bits per heavy atom. The predicted molar refractivity (Wildman–Crippen MR) is 141 cm³/mol. The Hall–Kier alpha value is -4.10. The van der Waals surface area contributed by atoms with Crippen LogP contribution in [0.25, 0.3) is 0 Å². The number of ether oxygens (including phenoxy) is 1. The van der Waals surface area contributed by atoms with E-state index in [4.69, 9.17) is 4.74 Å². The van der Waals surface area contributed by atoms with Crippen LogP contribution in [-0.4, -0.2) is 98.7 Å². The molecule has 0 bridgehead atoms. The highest BCUT2D eigenvalue weighted by atomic mass is 16.5. The number of hydrogen-bond donors (Lipinski definition) is 5. The number of aliphatic hydroxyl groups is 1. The Bertz CT molecular complexity index is 1240. The van der Waals surface area contributed by atoms with Gasteiger partial charge in [0.15, 0.2) is 5.69 Å². The van der Waals surface area contributed by atoms with E-state index in [1.807, 2.05) is 0 Å². The van der Waals surface area contributed by atoms with Gasteiger partial charge < -0.3 is 35.8 Å². The monoisotopic (exact) mass is 554 g/mol. The van der Waals surface area contributed by atoms with Gasteiger partial charge in [-0.3, -0.25) is 24.2 Å². The lowest BCUT2D eigenvalue weighted by atomic mass is 9.90. The van der Waals surface area contributed by atoms with Crippen LogP contribution in [0, 0.1) is 5.92 Å². The van der Waals surface area contributed by atoms with Gasteiger partial charge in [0.25, 0.3) is 5.91 Å². The van der Waals surface area contributed by atoms with E-state index in [2.05, 4.69) is 25.9 Å². The molecule has 214 valence electrons. The number of pyridine rings is 2. The average molecular weight is 555 g/mol. The average Bonchev–Trinajstić information content (AvgIpc) is 2.92. The molecule has 2 unspecified atom stereocenters. The van der Waals surface area contributed by atoms with Gasteiger partial charge in [-0.1, -0.05) is 13.0 Å². The fourth-order valence-corrected chi connectivity index (χ4v) is 4.75. The minimum atomic E-state index is -1.36. The summed E-state index contributed by atoms with van der Waals surface area (Å²) in [6, 6.07) is 1.97. The van der Waals surface area contributed by atoms with Crippen LogP contribution in [0.5, 0.6) is 5.75 Å². The van der Waals surface area contributed by atoms with E-state index < -0.39 is 65.9 Å². The Balaban J connectivity index is 1.71. The van der Waals surface area contributed by atoms with Gasteiger partial charge in [0.1, 0.15) is 17.8 Å². The molecule has 7 atom stereocenters. The molecule has 2 aromatic heterocycles. The van der Waals surface area contributed by atoms with Crippen LogP contribution in [0.15, 0.2) is 42.9 Å². The molecule has 0 saturated carbocycles. The van der Waals surface area contributed by atoms with Crippen molar-refractivity contribution < 1.29 is 34.1 Å². The van der Waals surface area contributed by atoms with Crippen molar-refractivity contribution in [1.29, 1.82) is 0 Å². The molecule has 4 heterocycles. The molecule has 0 spiro atoms. The van der Waals surface area contributed by atoms with Gasteiger partial charge in [0.05, 0.1) is 30.2 Å². The van der Waals surface area contributed by atoms with Gasteiger partial charge in [-0.15, -0.1) is 0 Å². The number of amides is 4. The van der Waals surface area contributed by atoms with Gasteiger partial charge in [-0.05, 0) is 43.5 Å². The van der Waals surface area contributed by atoms with Crippen LogP contribution in [0.1, 0.15) is 36.3 Å². The molecule has 2 saturated heterocycles. The third-order valence-electron chi connectivity index (χ3n) is 7.53. The first kappa shape index (κ1) is 28.9. The molecule has 2 fully saturated rings. The maximum absolute atomic E-state index is 13.8. The standard InChI is InChI=1S/C27H34N6O7/c1-14-23(35)17(12-16-6-4-9-28-13-16)30-25(37)20(31-26(38)21-18(34)7-5-10-29-21)15(2)33(3)27(39)22(32-24(14)36)19-8-11-40-19/h4-7,9-10,13-15,17,19-20,22-23,34-35H,8,11-12H2,1-3H3,(H,30,37)(H,31,38)(H,32,36)/t14-,15-,17+,19?,20+,22?,23+/m1/s1. The van der Waals surface area contributed by atoms with E-state index in [1.54, 1.807) is 31.5 Å². The molecule has 0 aromatic carbocycles. The first-order valence-corrected chi connectivity index (χ1v) is 13.1. The number of aromatic nitrogens is 2. The fourth-order valence-electron chi connectivity index (χ4n) is 4.75. The van der Waals surface area contributed by atoms with Gasteiger partial charge in [0, 0.05) is 32.2 Å². The van der Waals surface area contributed by atoms with Gasteiger partial charge in [-0.2, -0.15) is 0 Å². The number of carbonyl (C=O) groups excluding carboxylic acids is 4. The Kier molecular flexibility index (Phi) is 8.95. The lowest BCUT2D eigenvalue weighted by Crippen LogP contribution is -2.66. The van der Waals surface area contributed by atoms with Crippen molar-refractivity contribution in [3.63, 3.8) is 0 Å². The largest absolute Gasteiger partial charge is 0.505 e. The van der Waals surface area contributed by atoms with Gasteiger partial charge >= 0.3 is 0 Å². The number of aliphatic hydroxyl groups excluding tert-OH is 1. The van der Waals surface area contributed by atoms with E-state index >= 15 is 0 Å². The van der Waals surface area contributed by atoms with Crippen molar-refractivity contribution in [2.24, 2.45) is 5.92 Å². The Labute approximate surface area is 231 Å². The summed E-state index contributed by atoms with van der Waals surface area (Å²) in [6.45, 7) is 3.51. The molecule has 40 heavy (non-hydrogen) atoms. The molecule has 2 aromatic rings. The molecule has 0 radical (unpaired) electrons. The zero-order chi connectivity index (χ0) is 29.0. The zero-order valence-electron chi connectivity index (χ0n) is 22.5. The van der Waals surface area contributed by atoms with E-state index in [0.717, 1.165) is 0 Å². The number of hydrogen-bond acceptors (Lipinski definition) is 9. The van der Waals surface area contributed by atoms with Crippen molar-refractivity contribution in [3.05, 3.63) is 54.1 Å². The number of aromatic hydroxyl groups is 1. The van der Waals surface area contributed by atoms with Crippen molar-refractivity contribution >= 4 is 23.6 Å². The number of rotatable bonds is 5. The lowest BCUT2D eigenvalue weighted by molar-refractivity contribution is -0.152. The minimum Gasteiger partial charge on any atom is -0.505 e. The van der Waals surface area contributed by atoms with Crippen molar-refractivity contribution in [2.75, 3.05) is 13.7 Å². The van der Waals surface area contributed by atoms with Gasteiger partial charge in [0.2, 0.25) is 17.7 Å². The van der Waals surface area contributed by atoms with Crippen LogP contribution < -0.4 is 16.0 Å². The maximum atomic E-state index is 13.8. The SMILES string of the molecule is C[C@@H]1[C@H](NC(=O)c2ncccc2O)C(=O)N[C@@H](Cc2cccnc2)[C@@H](O)[C@@H](C)C(=O)NC(C2CCO2)C(=O)N1C. The van der Waals surface area contributed by atoms with Crippen molar-refractivity contribution in [2.45, 2.75) is 63.1 Å². The summed E-state index contributed by atoms with van der Waals surface area (Å²) in [6.07, 6.45) is 3.25. The molecule has 4 amide bonds. The summed E-state index contributed by atoms with van der Waals surface area (Å²) in [5.41, 5.74) is 0.405. The first-order valence-electron chi connectivity index (χ1n) is 13.1. The maximum Gasteiger partial charge on any atom is 0.274 e. The summed E-state index contributed by atoms with van der Waals surface area (Å²) in [4.78, 5) is 62.9. The Morgan fingerprint density at radius 2 is 1.88 bits per heavy atom. The van der Waals surface area contributed by atoms with Crippen LogP contribution in [0.4, 0.5) is 0 Å². The molecule has 2 aliphatic heterocycles. The third kappa shape index (κ3) is 6.20. The topological polar surface area (TPSA) is 183 Å². The number of nitrogens with one attached hydrogen (secondary N) is 3. The smallest absolute Gasteiger partial charge is 0.274 e. The quantitative estimate of drug-likeness (QED) is 0.314. The number of carbonyl (C=O) groups is 4. The second-order valence-electron chi connectivity index (χ2n) is 10.2. The highest BCUT2D eigenvalue weighted by Crippen LogP contribution is 2.22. The second-order valence-corrected chi connectivity index (χ2v) is 10.2. The van der Waals surface area contributed by atoms with E-state index in [-0.39, 0.29) is 17.9 Å². The number of likely N-dealkylation sites (N-methyl/N-ethyl adjacent to an activating group) is 1. The van der Waals surface area contributed by atoms with Gasteiger partial charge in [-0.25, -0.2) is 4.98 Å². The van der Waals surface area contributed by atoms with E-state index in [9.17, 15) is 29.4 Å². The van der Waals surface area contributed by atoms with Crippen LogP contribution >= 0.6 is 0 Å². The molecule has 5 N–H and O–H groups in total. The summed E-state index contributed by atoms with van der Waals surface area (Å²) in [5, 5.41) is 29.5. The van der Waals surface area contributed by atoms with Crippen LogP contribution in [0.2, 0.25) is 0 Å². The molecule has 0 aliphatic carbocycles. The summed E-state index contributed by atoms with van der Waals surface area (Å²) in [5.74, 6) is -4.01. The molecule has 13 heteroatoms. The molecular formula is C27H34N6O7. The number of nitrogens with zero attached hydrogens (tertiary/aromatic N) is 3. The fraction of sp³-hybridized carbons (Fsp3) is 0.481. The summed E-state index contributed by atoms with van der Waals surface area (Å²) < 4.78 is 5.53. The molecule has 13 nitrogen and oxygen atoms in total. The second kappa shape index (κ2) is 12.4. The lowest BCUT2D eigenvalue weighted by Gasteiger charge is -2.40. The summed E-state index contributed by atoms with van der Waals surface area (Å²) >= 11 is 0. The highest BCUT2D eigenvalue weighted by Gasteiger charge is 2.43. The third-order valence-corrected chi connectivity index (χ3v) is 7.53. The zero-order valence-corrected chi connectivity index (χ0v) is 22.5. The Morgan fingerprint density at radius 3 is 2.50 bits per heavy atom. The summed E-state index contributed by atoms with van der Waals surface area (Å²) in [7, 11) is 1.46. The normalized spacial score (nSPS) is 29.8. The first-order chi connectivity index (χ1) is 19.1. The van der Waals surface area contributed by atoms with E-state index in [1.165, 1.54) is 37.2 Å². The van der Waals surface area contributed by atoms with E-state index in [0.29, 0.717) is 18.6 Å². The minimum absolute atomic E-state index is 0.137. The van der Waals surface area contributed by atoms with Crippen LogP contribution in [0.3, 0.4) is 0 Å². The van der Waals surface area contributed by atoms with Crippen LogP contribution in [-0.2, 0) is 25.5 Å². The predicted octanol–water partition coefficient (Wildman–Crippen LogP) is -0.861. The molecular weight excluding hydrogens is 520 g/mol. The molecule has 2 aliphatic rings.